The largest absolute Gasteiger partial charge is 0.289 e. The molecular formula is C19H19ClOS. The predicted octanol–water partition coefficient (Wildman–Crippen LogP) is 6.13. The molecule has 0 fully saturated rings. The Morgan fingerprint density at radius 2 is 1.68 bits per heavy atom. The summed E-state index contributed by atoms with van der Waals surface area (Å²) in [6.45, 7) is 6.52. The van der Waals surface area contributed by atoms with Crippen molar-refractivity contribution in [2.24, 2.45) is 0 Å². The van der Waals surface area contributed by atoms with Gasteiger partial charge in [-0.15, -0.1) is 11.8 Å². The van der Waals surface area contributed by atoms with Crippen molar-refractivity contribution < 1.29 is 4.79 Å². The number of ketones is 1. The van der Waals surface area contributed by atoms with Gasteiger partial charge in [0.2, 0.25) is 0 Å². The lowest BCUT2D eigenvalue weighted by Gasteiger charge is -2.18. The second-order valence-corrected chi connectivity index (χ2v) is 8.21. The van der Waals surface area contributed by atoms with Gasteiger partial charge in [-0.05, 0) is 35.9 Å². The van der Waals surface area contributed by atoms with Crippen LogP contribution in [0.2, 0.25) is 5.02 Å². The predicted molar refractivity (Wildman–Crippen MR) is 96.9 cm³/mol. The van der Waals surface area contributed by atoms with Gasteiger partial charge < -0.3 is 0 Å². The van der Waals surface area contributed by atoms with Gasteiger partial charge in [0.15, 0.2) is 5.78 Å². The van der Waals surface area contributed by atoms with Gasteiger partial charge in [-0.3, -0.25) is 4.79 Å². The van der Waals surface area contributed by atoms with E-state index in [1.54, 1.807) is 30.0 Å². The van der Waals surface area contributed by atoms with Gasteiger partial charge in [0, 0.05) is 15.2 Å². The molecule has 0 aliphatic heterocycles. The van der Waals surface area contributed by atoms with E-state index >= 15 is 0 Å². The first-order valence-electron chi connectivity index (χ1n) is 7.12. The smallest absolute Gasteiger partial charge is 0.187 e. The lowest BCUT2D eigenvalue weighted by Crippen LogP contribution is -2.07. The fourth-order valence-electron chi connectivity index (χ4n) is 1.96. The molecular weight excluding hydrogens is 312 g/mol. The van der Waals surface area contributed by atoms with Gasteiger partial charge in [-0.1, -0.05) is 62.7 Å². The number of rotatable bonds is 4. The first-order chi connectivity index (χ1) is 10.4. The Kier molecular flexibility index (Phi) is 5.49. The van der Waals surface area contributed by atoms with Gasteiger partial charge in [-0.2, -0.15) is 0 Å². The first kappa shape index (κ1) is 16.9. The van der Waals surface area contributed by atoms with Crippen molar-refractivity contribution in [2.75, 3.05) is 0 Å². The van der Waals surface area contributed by atoms with Gasteiger partial charge in [0.1, 0.15) is 0 Å². The molecule has 0 bridgehead atoms. The minimum Gasteiger partial charge on any atom is -0.289 e. The van der Waals surface area contributed by atoms with Crippen molar-refractivity contribution in [1.29, 1.82) is 0 Å². The van der Waals surface area contributed by atoms with Crippen LogP contribution in [0.25, 0.3) is 6.08 Å². The maximum atomic E-state index is 12.3. The van der Waals surface area contributed by atoms with Gasteiger partial charge in [-0.25, -0.2) is 0 Å². The van der Waals surface area contributed by atoms with Crippen LogP contribution in [-0.2, 0) is 0 Å². The standard InChI is InChI=1S/C19H19ClOS/c1-19(2,3)22-18-11-7-4-8-14(18)12-13-17(21)15-9-5-6-10-16(15)20/h4-13H,1-3H3/b13-12+. The van der Waals surface area contributed by atoms with Crippen LogP contribution >= 0.6 is 23.4 Å². The van der Waals surface area contributed by atoms with E-state index in [0.29, 0.717) is 10.6 Å². The monoisotopic (exact) mass is 330 g/mol. The third-order valence-corrected chi connectivity index (χ3v) is 4.42. The number of hydrogen-bond donors (Lipinski definition) is 0. The normalized spacial score (nSPS) is 11.8. The molecule has 0 atom stereocenters. The highest BCUT2D eigenvalue weighted by atomic mass is 35.5. The summed E-state index contributed by atoms with van der Waals surface area (Å²) in [6.07, 6.45) is 3.45. The molecule has 2 aromatic carbocycles. The average molecular weight is 331 g/mol. The fraction of sp³-hybridized carbons (Fsp3) is 0.211. The Hall–Kier alpha value is -1.51. The Balaban J connectivity index is 2.24. The van der Waals surface area contributed by atoms with E-state index in [1.807, 2.05) is 36.4 Å². The topological polar surface area (TPSA) is 17.1 Å². The molecule has 0 amide bonds. The zero-order valence-electron chi connectivity index (χ0n) is 13.0. The van der Waals surface area contributed by atoms with E-state index in [4.69, 9.17) is 11.6 Å². The lowest BCUT2D eigenvalue weighted by molar-refractivity contribution is 0.104. The maximum absolute atomic E-state index is 12.3. The Morgan fingerprint density at radius 3 is 2.36 bits per heavy atom. The summed E-state index contributed by atoms with van der Waals surface area (Å²) >= 11 is 7.85. The van der Waals surface area contributed by atoms with E-state index in [9.17, 15) is 4.79 Å². The molecule has 0 aliphatic carbocycles. The van der Waals surface area contributed by atoms with Crippen molar-refractivity contribution in [3.8, 4) is 0 Å². The van der Waals surface area contributed by atoms with Crippen LogP contribution in [-0.4, -0.2) is 10.5 Å². The van der Waals surface area contributed by atoms with Gasteiger partial charge in [0.05, 0.1) is 5.02 Å². The number of allylic oxidation sites excluding steroid dienone is 1. The molecule has 0 N–H and O–H groups in total. The molecule has 0 heterocycles. The molecule has 0 spiro atoms. The van der Waals surface area contributed by atoms with Gasteiger partial charge >= 0.3 is 0 Å². The highest BCUT2D eigenvalue weighted by molar-refractivity contribution is 8.00. The molecule has 0 radical (unpaired) electrons. The molecule has 0 unspecified atom stereocenters. The SMILES string of the molecule is CC(C)(C)Sc1ccccc1/C=C/C(=O)c1ccccc1Cl. The van der Waals surface area contributed by atoms with Crippen LogP contribution in [0.1, 0.15) is 36.7 Å². The molecule has 114 valence electrons. The molecule has 3 heteroatoms. The third kappa shape index (κ3) is 4.75. The summed E-state index contributed by atoms with van der Waals surface area (Å²) in [7, 11) is 0. The summed E-state index contributed by atoms with van der Waals surface area (Å²) in [4.78, 5) is 13.4. The van der Waals surface area contributed by atoms with E-state index in [-0.39, 0.29) is 10.5 Å². The number of benzene rings is 2. The number of carbonyl (C=O) groups excluding carboxylic acids is 1. The highest BCUT2D eigenvalue weighted by Crippen LogP contribution is 2.34. The molecule has 0 aromatic heterocycles. The van der Waals surface area contributed by atoms with Gasteiger partial charge in [0.25, 0.3) is 0 Å². The summed E-state index contributed by atoms with van der Waals surface area (Å²) in [5.74, 6) is -0.0823. The quantitative estimate of drug-likeness (QED) is 0.381. The first-order valence-corrected chi connectivity index (χ1v) is 8.31. The van der Waals surface area contributed by atoms with Crippen LogP contribution < -0.4 is 0 Å². The third-order valence-electron chi connectivity index (χ3n) is 2.89. The van der Waals surface area contributed by atoms with Crippen LogP contribution in [0.4, 0.5) is 0 Å². The van der Waals surface area contributed by atoms with Crippen molar-refractivity contribution in [1.82, 2.24) is 0 Å². The van der Waals surface area contributed by atoms with E-state index < -0.39 is 0 Å². The molecule has 22 heavy (non-hydrogen) atoms. The molecule has 0 saturated heterocycles. The van der Waals surface area contributed by atoms with Crippen LogP contribution in [0.15, 0.2) is 59.5 Å². The van der Waals surface area contributed by atoms with E-state index in [0.717, 1.165) is 5.56 Å². The average Bonchev–Trinajstić information content (AvgIpc) is 2.45. The summed E-state index contributed by atoms with van der Waals surface area (Å²) in [5.41, 5.74) is 1.57. The van der Waals surface area contributed by atoms with Crippen molar-refractivity contribution >= 4 is 35.2 Å². The number of thioether (sulfide) groups is 1. The van der Waals surface area contributed by atoms with E-state index in [1.165, 1.54) is 4.90 Å². The molecule has 0 aliphatic rings. The minimum absolute atomic E-state index is 0.0823. The minimum atomic E-state index is -0.0823. The van der Waals surface area contributed by atoms with Crippen LogP contribution in [0.5, 0.6) is 0 Å². The van der Waals surface area contributed by atoms with Crippen molar-refractivity contribution in [2.45, 2.75) is 30.4 Å². The van der Waals surface area contributed by atoms with Crippen molar-refractivity contribution in [3.05, 3.63) is 70.8 Å². The molecule has 2 aromatic rings. The van der Waals surface area contributed by atoms with E-state index in [2.05, 4.69) is 26.8 Å². The lowest BCUT2D eigenvalue weighted by atomic mass is 10.1. The molecule has 1 nitrogen and oxygen atoms in total. The molecule has 0 saturated carbocycles. The summed E-state index contributed by atoms with van der Waals surface area (Å²) < 4.78 is 0.122. The summed E-state index contributed by atoms with van der Waals surface area (Å²) in [6, 6.07) is 15.2. The maximum Gasteiger partial charge on any atom is 0.187 e. The second-order valence-electron chi connectivity index (χ2n) is 5.93. The highest BCUT2D eigenvalue weighted by Gasteiger charge is 2.14. The summed E-state index contributed by atoms with van der Waals surface area (Å²) in [5, 5.41) is 0.481. The zero-order chi connectivity index (χ0) is 16.2. The Morgan fingerprint density at radius 1 is 1.05 bits per heavy atom. The molecule has 2 rings (SSSR count). The number of carbonyl (C=O) groups is 1. The second kappa shape index (κ2) is 7.17. The number of halogens is 1. The van der Waals surface area contributed by atoms with Crippen molar-refractivity contribution in [3.63, 3.8) is 0 Å². The Bertz CT molecular complexity index is 699. The fourth-order valence-corrected chi connectivity index (χ4v) is 3.25. The Labute approximate surface area is 141 Å². The van der Waals surface area contributed by atoms with Crippen LogP contribution in [0, 0.1) is 0 Å². The zero-order valence-corrected chi connectivity index (χ0v) is 14.5. The van der Waals surface area contributed by atoms with Crippen LogP contribution in [0.3, 0.4) is 0 Å². The number of hydrogen-bond acceptors (Lipinski definition) is 2.